The van der Waals surface area contributed by atoms with Crippen molar-refractivity contribution in [3.05, 3.63) is 89.6 Å². The Kier molecular flexibility index (Phi) is 4.87. The number of pyridine rings is 1. The molecule has 29 heavy (non-hydrogen) atoms. The van der Waals surface area contributed by atoms with Gasteiger partial charge in [-0.25, -0.2) is 0 Å². The smallest absolute Gasteiger partial charge is 0.296 e. The molecule has 0 radical (unpaired) electrons. The van der Waals surface area contributed by atoms with Gasteiger partial charge in [0.05, 0.1) is 31.5 Å². The Balaban J connectivity index is 1.86. The van der Waals surface area contributed by atoms with Crippen LogP contribution in [0.25, 0.3) is 5.76 Å². The fourth-order valence-corrected chi connectivity index (χ4v) is 3.43. The van der Waals surface area contributed by atoms with Crippen molar-refractivity contribution in [3.63, 3.8) is 0 Å². The molecule has 146 valence electrons. The first-order valence-electron chi connectivity index (χ1n) is 8.95. The van der Waals surface area contributed by atoms with E-state index in [9.17, 15) is 14.7 Å². The first kappa shape index (κ1) is 18.5. The summed E-state index contributed by atoms with van der Waals surface area (Å²) in [6.45, 7) is 0.0967. The molecule has 0 unspecified atom stereocenters. The number of aliphatic hydroxyl groups is 1. The third-order valence-electron chi connectivity index (χ3n) is 4.81. The van der Waals surface area contributed by atoms with Gasteiger partial charge < -0.3 is 19.2 Å². The van der Waals surface area contributed by atoms with Crippen LogP contribution in [0.3, 0.4) is 0 Å². The number of hydrogen-bond donors (Lipinski definition) is 1. The molecule has 0 spiro atoms. The van der Waals surface area contributed by atoms with E-state index in [-0.39, 0.29) is 17.9 Å². The second-order valence-electron chi connectivity index (χ2n) is 6.52. The van der Waals surface area contributed by atoms with Crippen LogP contribution in [0.15, 0.2) is 77.2 Å². The normalized spacial score (nSPS) is 18.2. The summed E-state index contributed by atoms with van der Waals surface area (Å²) >= 11 is 0. The van der Waals surface area contributed by atoms with Crippen molar-refractivity contribution < 1.29 is 23.8 Å². The van der Waals surface area contributed by atoms with Crippen molar-refractivity contribution in [1.29, 1.82) is 0 Å². The number of carbonyl (C=O) groups excluding carboxylic acids is 2. The summed E-state index contributed by atoms with van der Waals surface area (Å²) in [6, 6.07) is 12.8. The summed E-state index contributed by atoms with van der Waals surface area (Å²) < 4.78 is 10.6. The summed E-state index contributed by atoms with van der Waals surface area (Å²) in [5, 5.41) is 11.0. The van der Waals surface area contributed by atoms with E-state index in [0.29, 0.717) is 22.6 Å². The van der Waals surface area contributed by atoms with E-state index in [1.807, 2.05) is 0 Å². The molecule has 1 fully saturated rings. The maximum Gasteiger partial charge on any atom is 0.296 e. The largest absolute Gasteiger partial charge is 0.507 e. The lowest BCUT2D eigenvalue weighted by Gasteiger charge is -2.24. The standard InChI is InChI=1S/C22H18N2O5/c1-28-16-5-2-4-15(12-16)20(25)18-19(14-7-9-23-10-8-14)24(22(27)21(18)26)13-17-6-3-11-29-17/h2-12,19,25H,13H2,1H3/t19-/m0/s1. The van der Waals surface area contributed by atoms with Crippen LogP contribution in [-0.2, 0) is 16.1 Å². The maximum atomic E-state index is 12.9. The number of amides is 1. The Hall–Kier alpha value is -3.87. The highest BCUT2D eigenvalue weighted by atomic mass is 16.5. The summed E-state index contributed by atoms with van der Waals surface area (Å²) in [6.07, 6.45) is 4.66. The Morgan fingerprint density at radius 3 is 2.66 bits per heavy atom. The van der Waals surface area contributed by atoms with Crippen LogP contribution in [-0.4, -0.2) is 33.8 Å². The third-order valence-corrected chi connectivity index (χ3v) is 4.81. The topological polar surface area (TPSA) is 92.9 Å². The number of aliphatic hydroxyl groups excluding tert-OH is 1. The minimum Gasteiger partial charge on any atom is -0.507 e. The van der Waals surface area contributed by atoms with Crippen molar-refractivity contribution in [2.24, 2.45) is 0 Å². The maximum absolute atomic E-state index is 12.9. The molecule has 7 nitrogen and oxygen atoms in total. The second-order valence-corrected chi connectivity index (χ2v) is 6.52. The molecular formula is C22H18N2O5. The molecule has 1 amide bonds. The van der Waals surface area contributed by atoms with Gasteiger partial charge in [-0.15, -0.1) is 0 Å². The molecule has 0 aliphatic carbocycles. The van der Waals surface area contributed by atoms with Crippen molar-refractivity contribution >= 4 is 17.4 Å². The van der Waals surface area contributed by atoms with Crippen molar-refractivity contribution in [2.45, 2.75) is 12.6 Å². The van der Waals surface area contributed by atoms with Gasteiger partial charge in [0.15, 0.2) is 0 Å². The monoisotopic (exact) mass is 390 g/mol. The number of ketones is 1. The number of nitrogens with zero attached hydrogens (tertiary/aromatic N) is 2. The van der Waals surface area contributed by atoms with Gasteiger partial charge in [-0.3, -0.25) is 14.6 Å². The lowest BCUT2D eigenvalue weighted by atomic mass is 9.96. The average molecular weight is 390 g/mol. The molecule has 3 heterocycles. The first-order chi connectivity index (χ1) is 14.1. The fourth-order valence-electron chi connectivity index (χ4n) is 3.43. The van der Waals surface area contributed by atoms with E-state index in [1.165, 1.54) is 18.3 Å². The lowest BCUT2D eigenvalue weighted by Crippen LogP contribution is -2.29. The molecule has 1 atom stereocenters. The first-order valence-corrected chi connectivity index (χ1v) is 8.95. The van der Waals surface area contributed by atoms with Crippen molar-refractivity contribution in [1.82, 2.24) is 9.88 Å². The van der Waals surface area contributed by atoms with E-state index < -0.39 is 17.7 Å². The number of carbonyl (C=O) groups is 2. The Morgan fingerprint density at radius 2 is 1.97 bits per heavy atom. The Labute approximate surface area is 166 Å². The van der Waals surface area contributed by atoms with Crippen LogP contribution in [0.5, 0.6) is 5.75 Å². The van der Waals surface area contributed by atoms with Crippen LogP contribution >= 0.6 is 0 Å². The molecule has 2 aromatic heterocycles. The van der Waals surface area contributed by atoms with E-state index in [1.54, 1.807) is 60.9 Å². The van der Waals surface area contributed by atoms with Crippen LogP contribution in [0, 0.1) is 0 Å². The number of ether oxygens (including phenoxy) is 1. The number of furan rings is 1. The number of hydrogen-bond acceptors (Lipinski definition) is 6. The third kappa shape index (κ3) is 3.38. The highest BCUT2D eigenvalue weighted by Gasteiger charge is 2.46. The van der Waals surface area contributed by atoms with Gasteiger partial charge in [0, 0.05) is 18.0 Å². The number of rotatable bonds is 5. The summed E-state index contributed by atoms with van der Waals surface area (Å²) in [4.78, 5) is 31.1. The van der Waals surface area contributed by atoms with Gasteiger partial charge in [-0.1, -0.05) is 12.1 Å². The molecule has 3 aromatic rings. The Bertz CT molecular complexity index is 1070. The van der Waals surface area contributed by atoms with Crippen molar-refractivity contribution in [3.8, 4) is 5.75 Å². The van der Waals surface area contributed by atoms with Crippen LogP contribution in [0.4, 0.5) is 0 Å². The number of likely N-dealkylation sites (tertiary alicyclic amines) is 1. The number of aromatic nitrogens is 1. The molecule has 1 aliphatic heterocycles. The zero-order chi connectivity index (χ0) is 20.4. The summed E-state index contributed by atoms with van der Waals surface area (Å²) in [7, 11) is 1.51. The highest BCUT2D eigenvalue weighted by molar-refractivity contribution is 6.46. The van der Waals surface area contributed by atoms with Crippen LogP contribution < -0.4 is 4.74 Å². The van der Waals surface area contributed by atoms with Gasteiger partial charge in [-0.2, -0.15) is 0 Å². The number of methoxy groups -OCH3 is 1. The van der Waals surface area contributed by atoms with Gasteiger partial charge >= 0.3 is 0 Å². The SMILES string of the molecule is COc1cccc(C(O)=C2C(=O)C(=O)N(Cc3ccco3)[C@H]2c2ccncc2)c1. The predicted molar refractivity (Wildman–Crippen MR) is 104 cm³/mol. The van der Waals surface area contributed by atoms with Crippen LogP contribution in [0.1, 0.15) is 22.9 Å². The molecule has 1 aliphatic rings. The van der Waals surface area contributed by atoms with Gasteiger partial charge in [0.25, 0.3) is 11.7 Å². The predicted octanol–water partition coefficient (Wildman–Crippen LogP) is 3.31. The van der Waals surface area contributed by atoms with E-state index in [2.05, 4.69) is 4.98 Å². The molecule has 1 aromatic carbocycles. The molecule has 7 heteroatoms. The highest BCUT2D eigenvalue weighted by Crippen LogP contribution is 2.40. The number of benzene rings is 1. The van der Waals surface area contributed by atoms with Crippen molar-refractivity contribution in [2.75, 3.05) is 7.11 Å². The number of Topliss-reactive ketones (excluding diaryl/α,β-unsaturated/α-hetero) is 1. The summed E-state index contributed by atoms with van der Waals surface area (Å²) in [5.74, 6) is -0.649. The van der Waals surface area contributed by atoms with Crippen LogP contribution in [0.2, 0.25) is 0 Å². The Morgan fingerprint density at radius 1 is 1.17 bits per heavy atom. The molecular weight excluding hydrogens is 372 g/mol. The molecule has 0 saturated carbocycles. The van der Waals surface area contributed by atoms with Gasteiger partial charge in [0.1, 0.15) is 17.3 Å². The van der Waals surface area contributed by atoms with Gasteiger partial charge in [0.2, 0.25) is 0 Å². The summed E-state index contributed by atoms with van der Waals surface area (Å²) in [5.41, 5.74) is 1.07. The van der Waals surface area contributed by atoms with E-state index >= 15 is 0 Å². The fraction of sp³-hybridized carbons (Fsp3) is 0.136. The zero-order valence-electron chi connectivity index (χ0n) is 15.6. The van der Waals surface area contributed by atoms with Gasteiger partial charge in [-0.05, 0) is 42.0 Å². The zero-order valence-corrected chi connectivity index (χ0v) is 15.6. The molecule has 1 N–H and O–H groups in total. The second kappa shape index (κ2) is 7.63. The minimum atomic E-state index is -0.769. The van der Waals surface area contributed by atoms with E-state index in [0.717, 1.165) is 0 Å². The minimum absolute atomic E-state index is 0.0148. The molecule has 1 saturated heterocycles. The molecule has 0 bridgehead atoms. The quantitative estimate of drug-likeness (QED) is 0.408. The van der Waals surface area contributed by atoms with E-state index in [4.69, 9.17) is 9.15 Å². The average Bonchev–Trinajstić information content (AvgIpc) is 3.36. The molecule has 4 rings (SSSR count). The lowest BCUT2D eigenvalue weighted by molar-refractivity contribution is -0.140.